The number of aliphatic hydroxyl groups is 1. The zero-order valence-corrected chi connectivity index (χ0v) is 25.9. The van der Waals surface area contributed by atoms with E-state index < -0.39 is 18.2 Å². The Morgan fingerprint density at radius 3 is 2.20 bits per heavy atom. The Morgan fingerprint density at radius 2 is 1.75 bits per heavy atom. The van der Waals surface area contributed by atoms with E-state index in [9.17, 15) is 14.7 Å². The smallest absolute Gasteiger partial charge is 0.248 e. The first-order chi connectivity index (χ1) is 19.2. The van der Waals surface area contributed by atoms with Gasteiger partial charge in [-0.1, -0.05) is 71.0 Å². The molecule has 1 aromatic carbocycles. The Morgan fingerprint density at radius 1 is 1.12 bits per heavy atom. The van der Waals surface area contributed by atoms with E-state index in [1.165, 1.54) is 10.5 Å². The van der Waals surface area contributed by atoms with Crippen LogP contribution in [0.25, 0.3) is 11.1 Å². The molecule has 2 N–H and O–H groups in total. The highest BCUT2D eigenvalue weighted by Crippen LogP contribution is 2.26. The van der Waals surface area contributed by atoms with Crippen molar-refractivity contribution in [2.45, 2.75) is 93.0 Å². The summed E-state index contributed by atoms with van der Waals surface area (Å²) in [5, 5.41) is 21.0. The van der Waals surface area contributed by atoms with E-state index in [1.54, 1.807) is 17.1 Å². The SMILES string of the molecule is CC.CC.CNC(C)c1ccc(-c2conc2C)cc1.Cc1cnn(C(C(=O)N2CC(O)CC2C=O)C(C)C)c1. The lowest BCUT2D eigenvalue weighted by Crippen LogP contribution is -2.43. The number of hydrogen-bond donors (Lipinski definition) is 2. The van der Waals surface area contributed by atoms with Gasteiger partial charge in [0.25, 0.3) is 0 Å². The fraction of sp³-hybridized carbons (Fsp3) is 0.548. The number of rotatable bonds is 7. The lowest BCUT2D eigenvalue weighted by Gasteiger charge is -2.28. The van der Waals surface area contributed by atoms with E-state index in [-0.39, 0.29) is 18.4 Å². The van der Waals surface area contributed by atoms with Crippen molar-refractivity contribution >= 4 is 12.2 Å². The first kappa shape index (κ1) is 34.7. The molecule has 40 heavy (non-hydrogen) atoms. The lowest BCUT2D eigenvalue weighted by molar-refractivity contribution is -0.139. The second-order valence-electron chi connectivity index (χ2n) is 9.72. The van der Waals surface area contributed by atoms with Crippen LogP contribution in [-0.4, -0.2) is 62.9 Å². The number of carbonyl (C=O) groups is 2. The van der Waals surface area contributed by atoms with E-state index in [4.69, 9.17) is 4.52 Å². The number of nitrogens with one attached hydrogen (secondary N) is 1. The van der Waals surface area contributed by atoms with Gasteiger partial charge in [0, 0.05) is 30.8 Å². The number of carbonyl (C=O) groups excluding carboxylic acids is 2. The van der Waals surface area contributed by atoms with Crippen molar-refractivity contribution in [3.63, 3.8) is 0 Å². The van der Waals surface area contributed by atoms with E-state index in [2.05, 4.69) is 46.8 Å². The van der Waals surface area contributed by atoms with Gasteiger partial charge >= 0.3 is 0 Å². The van der Waals surface area contributed by atoms with Gasteiger partial charge in [-0.25, -0.2) is 0 Å². The summed E-state index contributed by atoms with van der Waals surface area (Å²) in [5.41, 5.74) is 5.39. The highest BCUT2D eigenvalue weighted by atomic mass is 16.5. The van der Waals surface area contributed by atoms with Crippen molar-refractivity contribution in [3.05, 3.63) is 59.7 Å². The van der Waals surface area contributed by atoms with Crippen LogP contribution in [0.5, 0.6) is 0 Å². The highest BCUT2D eigenvalue weighted by molar-refractivity contribution is 5.84. The maximum Gasteiger partial charge on any atom is 0.248 e. The number of nitrogens with zero attached hydrogens (tertiary/aromatic N) is 4. The minimum absolute atomic E-state index is 0.0480. The molecule has 222 valence electrons. The number of aldehydes is 1. The minimum Gasteiger partial charge on any atom is -0.391 e. The number of aromatic nitrogens is 3. The lowest BCUT2D eigenvalue weighted by atomic mass is 10.0. The Bertz CT molecular complexity index is 1140. The highest BCUT2D eigenvalue weighted by Gasteiger charge is 2.39. The van der Waals surface area contributed by atoms with Gasteiger partial charge in [-0.2, -0.15) is 5.10 Å². The standard InChI is InChI=1S/C14H21N3O3.C13H16N2O.2C2H6/c1-9(2)13(17-6-10(3)5-15-17)14(20)16-7-12(19)4-11(16)8-18;1-9(14-3)11-4-6-12(7-5-11)13-8-16-15-10(13)2;2*1-2/h5-6,8-9,11-13,19H,4,7H2,1-3H3;4-9,14H,1-3H3;2*1-2H3. The number of aryl methyl sites for hydroxylation is 2. The molecule has 1 amide bonds. The van der Waals surface area contributed by atoms with E-state index in [0.29, 0.717) is 12.5 Å². The number of likely N-dealkylation sites (tertiary alicyclic amines) is 1. The van der Waals surface area contributed by atoms with Gasteiger partial charge in [-0.05, 0) is 50.4 Å². The van der Waals surface area contributed by atoms with Crippen LogP contribution in [0, 0.1) is 19.8 Å². The summed E-state index contributed by atoms with van der Waals surface area (Å²) >= 11 is 0. The second kappa shape index (κ2) is 17.4. The molecule has 0 radical (unpaired) electrons. The van der Waals surface area contributed by atoms with Gasteiger partial charge in [-0.15, -0.1) is 0 Å². The van der Waals surface area contributed by atoms with Crippen LogP contribution in [0.15, 0.2) is 47.4 Å². The summed E-state index contributed by atoms with van der Waals surface area (Å²) < 4.78 is 6.58. The topological polar surface area (TPSA) is 113 Å². The fourth-order valence-electron chi connectivity index (χ4n) is 4.37. The summed E-state index contributed by atoms with van der Waals surface area (Å²) in [4.78, 5) is 25.3. The first-order valence-electron chi connectivity index (χ1n) is 14.3. The molecule has 0 saturated carbocycles. The van der Waals surface area contributed by atoms with Crippen LogP contribution in [0.3, 0.4) is 0 Å². The van der Waals surface area contributed by atoms with E-state index in [0.717, 1.165) is 28.7 Å². The Kier molecular flexibility index (Phi) is 15.1. The molecule has 9 nitrogen and oxygen atoms in total. The van der Waals surface area contributed by atoms with E-state index in [1.807, 2.05) is 68.6 Å². The Hall–Kier alpha value is -3.30. The number of aliphatic hydroxyl groups excluding tert-OH is 1. The zero-order chi connectivity index (χ0) is 30.4. The third-order valence-electron chi connectivity index (χ3n) is 6.57. The zero-order valence-electron chi connectivity index (χ0n) is 25.9. The molecule has 1 fully saturated rings. The average molecular weight is 556 g/mol. The number of β-amino-alcohol motifs (C(OH)–C–C–N with tert-alkyl or cyclic N) is 1. The molecule has 4 atom stereocenters. The molecule has 0 spiro atoms. The van der Waals surface area contributed by atoms with Crippen molar-refractivity contribution in [3.8, 4) is 11.1 Å². The minimum atomic E-state index is -0.624. The molecule has 1 aliphatic heterocycles. The van der Waals surface area contributed by atoms with Gasteiger partial charge in [0.15, 0.2) is 0 Å². The third-order valence-corrected chi connectivity index (χ3v) is 6.57. The maximum absolute atomic E-state index is 12.7. The third kappa shape index (κ3) is 9.13. The van der Waals surface area contributed by atoms with Gasteiger partial charge in [0.05, 0.1) is 24.0 Å². The molecule has 1 aliphatic rings. The first-order valence-corrected chi connectivity index (χ1v) is 14.3. The van der Waals surface area contributed by atoms with Gasteiger partial charge < -0.3 is 24.6 Å². The molecule has 2 aromatic heterocycles. The van der Waals surface area contributed by atoms with Crippen LogP contribution in [-0.2, 0) is 9.59 Å². The number of hydrogen-bond acceptors (Lipinski definition) is 7. The summed E-state index contributed by atoms with van der Waals surface area (Å²) in [6.45, 7) is 18.1. The Balaban J connectivity index is 0.000000362. The summed E-state index contributed by atoms with van der Waals surface area (Å²) in [6.07, 6.45) is 5.65. The maximum atomic E-state index is 12.7. The van der Waals surface area contributed by atoms with Crippen molar-refractivity contribution in [2.75, 3.05) is 13.6 Å². The molecular formula is C31H49N5O4. The van der Waals surface area contributed by atoms with Crippen LogP contribution in [0.1, 0.15) is 83.8 Å². The molecule has 1 saturated heterocycles. The van der Waals surface area contributed by atoms with Gasteiger partial charge in [0.2, 0.25) is 5.91 Å². The fourth-order valence-corrected chi connectivity index (χ4v) is 4.37. The van der Waals surface area contributed by atoms with Gasteiger partial charge in [0.1, 0.15) is 18.6 Å². The molecule has 4 unspecified atom stereocenters. The Labute approximate surface area is 239 Å². The summed E-state index contributed by atoms with van der Waals surface area (Å²) in [6, 6.07) is 7.85. The molecule has 0 aliphatic carbocycles. The predicted octanol–water partition coefficient (Wildman–Crippen LogP) is 5.53. The molecule has 3 heterocycles. The van der Waals surface area contributed by atoms with Crippen molar-refractivity contribution < 1.29 is 19.2 Å². The van der Waals surface area contributed by atoms with E-state index >= 15 is 0 Å². The summed E-state index contributed by atoms with van der Waals surface area (Å²) in [7, 11) is 1.96. The largest absolute Gasteiger partial charge is 0.391 e. The van der Waals surface area contributed by atoms with Crippen LogP contribution in [0.2, 0.25) is 0 Å². The van der Waals surface area contributed by atoms with Crippen LogP contribution >= 0.6 is 0 Å². The monoisotopic (exact) mass is 555 g/mol. The molecule has 4 rings (SSSR count). The van der Waals surface area contributed by atoms with Crippen molar-refractivity contribution in [2.24, 2.45) is 5.92 Å². The predicted molar refractivity (Wildman–Crippen MR) is 160 cm³/mol. The normalized spacial score (nSPS) is 17.4. The second-order valence-corrected chi connectivity index (χ2v) is 9.72. The number of amides is 1. The molecule has 3 aromatic rings. The van der Waals surface area contributed by atoms with Crippen LogP contribution < -0.4 is 5.32 Å². The van der Waals surface area contributed by atoms with Crippen molar-refractivity contribution in [1.29, 1.82) is 0 Å². The van der Waals surface area contributed by atoms with Crippen LogP contribution in [0.4, 0.5) is 0 Å². The number of benzene rings is 1. The van der Waals surface area contributed by atoms with Gasteiger partial charge in [-0.3, -0.25) is 9.48 Å². The molecule has 9 heteroatoms. The summed E-state index contributed by atoms with van der Waals surface area (Å²) in [5.74, 6) is -0.108. The average Bonchev–Trinajstić information content (AvgIpc) is 3.70. The molecule has 0 bridgehead atoms. The molecular weight excluding hydrogens is 506 g/mol. The van der Waals surface area contributed by atoms with Crippen molar-refractivity contribution in [1.82, 2.24) is 25.2 Å². The quantitative estimate of drug-likeness (QED) is 0.368.